The highest BCUT2D eigenvalue weighted by molar-refractivity contribution is 8.00. The third kappa shape index (κ3) is 4.18. The predicted octanol–water partition coefficient (Wildman–Crippen LogP) is 2.59. The zero-order valence-corrected chi connectivity index (χ0v) is 12.8. The molecule has 0 fully saturated rings. The largest absolute Gasteiger partial charge is 0.392 e. The van der Waals surface area contributed by atoms with Gasteiger partial charge in [-0.25, -0.2) is 0 Å². The Bertz CT molecular complexity index is 388. The molecular weight excluding hydrogens is 259 g/mol. The Balaban J connectivity index is 3.02. The molecule has 0 spiro atoms. The SMILES string of the molecule is C[Si](C)(c1ccccc1)P(C=CCO)C=CCO. The van der Waals surface area contributed by atoms with Gasteiger partial charge in [-0.2, -0.15) is 0 Å². The molecule has 0 aromatic heterocycles. The Labute approximate surface area is 111 Å². The summed E-state index contributed by atoms with van der Waals surface area (Å²) in [6, 6.07) is 10.5. The molecule has 18 heavy (non-hydrogen) atoms. The second-order valence-electron chi connectivity index (χ2n) is 4.47. The summed E-state index contributed by atoms with van der Waals surface area (Å²) in [7, 11) is -2.05. The fraction of sp³-hybridized carbons (Fsp3) is 0.286. The van der Waals surface area contributed by atoms with E-state index < -0.39 is 15.2 Å². The molecule has 1 aromatic carbocycles. The summed E-state index contributed by atoms with van der Waals surface area (Å²) in [5.41, 5.74) is 0. The third-order valence-electron chi connectivity index (χ3n) is 2.87. The lowest BCUT2D eigenvalue weighted by Crippen LogP contribution is -2.38. The van der Waals surface area contributed by atoms with Gasteiger partial charge in [0.15, 0.2) is 0 Å². The van der Waals surface area contributed by atoms with E-state index in [-0.39, 0.29) is 13.2 Å². The van der Waals surface area contributed by atoms with Crippen molar-refractivity contribution in [1.29, 1.82) is 0 Å². The molecule has 0 atom stereocenters. The van der Waals surface area contributed by atoms with Gasteiger partial charge < -0.3 is 10.2 Å². The molecule has 1 rings (SSSR count). The zero-order valence-electron chi connectivity index (χ0n) is 11.0. The van der Waals surface area contributed by atoms with Crippen LogP contribution in [-0.4, -0.2) is 31.2 Å². The normalized spacial score (nSPS) is 14.4. The second-order valence-corrected chi connectivity index (χ2v) is 14.5. The van der Waals surface area contributed by atoms with E-state index in [0.717, 1.165) is 0 Å². The molecule has 0 aliphatic rings. The minimum Gasteiger partial charge on any atom is -0.392 e. The number of aliphatic hydroxyl groups excluding tert-OH is 2. The van der Waals surface area contributed by atoms with Gasteiger partial charge in [0.2, 0.25) is 0 Å². The van der Waals surface area contributed by atoms with Gasteiger partial charge >= 0.3 is 0 Å². The van der Waals surface area contributed by atoms with Gasteiger partial charge in [-0.3, -0.25) is 0 Å². The number of hydrogen-bond donors (Lipinski definition) is 2. The van der Waals surface area contributed by atoms with Crippen LogP contribution >= 0.6 is 7.47 Å². The third-order valence-corrected chi connectivity index (χ3v) is 12.5. The van der Waals surface area contributed by atoms with Crippen LogP contribution in [0.25, 0.3) is 0 Å². The fourth-order valence-electron chi connectivity index (χ4n) is 1.74. The fourth-order valence-corrected chi connectivity index (χ4v) is 8.74. The van der Waals surface area contributed by atoms with E-state index in [1.807, 2.05) is 18.2 Å². The van der Waals surface area contributed by atoms with Gasteiger partial charge in [0.05, 0.1) is 13.2 Å². The molecule has 0 bridgehead atoms. The monoisotopic (exact) mass is 280 g/mol. The lowest BCUT2D eigenvalue weighted by molar-refractivity contribution is 0.343. The molecule has 98 valence electrons. The van der Waals surface area contributed by atoms with Crippen molar-refractivity contribution in [2.75, 3.05) is 13.2 Å². The Morgan fingerprint density at radius 1 is 1.00 bits per heavy atom. The minimum atomic E-state index is -1.61. The van der Waals surface area contributed by atoms with E-state index in [1.54, 1.807) is 0 Å². The molecule has 2 nitrogen and oxygen atoms in total. The molecule has 0 unspecified atom stereocenters. The average molecular weight is 280 g/mol. The van der Waals surface area contributed by atoms with Crippen molar-refractivity contribution in [3.8, 4) is 0 Å². The van der Waals surface area contributed by atoms with Crippen molar-refractivity contribution in [2.45, 2.75) is 13.1 Å². The van der Waals surface area contributed by atoms with Crippen LogP contribution in [0.1, 0.15) is 0 Å². The van der Waals surface area contributed by atoms with Gasteiger partial charge in [0, 0.05) is 0 Å². The summed E-state index contributed by atoms with van der Waals surface area (Å²) in [4.78, 5) is 0. The highest BCUT2D eigenvalue weighted by Crippen LogP contribution is 2.48. The first-order valence-electron chi connectivity index (χ1n) is 6.02. The van der Waals surface area contributed by atoms with Gasteiger partial charge in [-0.05, 0) is 0 Å². The molecule has 4 heteroatoms. The van der Waals surface area contributed by atoms with Crippen LogP contribution in [0.3, 0.4) is 0 Å². The van der Waals surface area contributed by atoms with Gasteiger partial charge in [-0.15, -0.1) is 0 Å². The van der Waals surface area contributed by atoms with E-state index >= 15 is 0 Å². The van der Waals surface area contributed by atoms with E-state index in [1.165, 1.54) is 5.19 Å². The van der Waals surface area contributed by atoms with E-state index in [4.69, 9.17) is 10.2 Å². The first kappa shape index (κ1) is 15.3. The van der Waals surface area contributed by atoms with E-state index in [0.29, 0.717) is 0 Å². The Kier molecular flexibility index (Phi) is 6.51. The van der Waals surface area contributed by atoms with Crippen molar-refractivity contribution in [3.05, 3.63) is 54.1 Å². The van der Waals surface area contributed by atoms with Crippen molar-refractivity contribution < 1.29 is 10.2 Å². The predicted molar refractivity (Wildman–Crippen MR) is 82.9 cm³/mol. The van der Waals surface area contributed by atoms with Crippen LogP contribution in [0.2, 0.25) is 13.1 Å². The van der Waals surface area contributed by atoms with Crippen molar-refractivity contribution in [2.24, 2.45) is 0 Å². The molecule has 0 aliphatic heterocycles. The molecule has 0 amide bonds. The van der Waals surface area contributed by atoms with Crippen LogP contribution in [0.15, 0.2) is 54.1 Å². The summed E-state index contributed by atoms with van der Waals surface area (Å²) in [5.74, 6) is 4.22. The lowest BCUT2D eigenvalue weighted by Gasteiger charge is -2.29. The Hall–Kier alpha value is -0.733. The van der Waals surface area contributed by atoms with Crippen LogP contribution in [0.5, 0.6) is 0 Å². The summed E-state index contributed by atoms with van der Waals surface area (Å²) < 4.78 is 0. The molecule has 0 heterocycles. The highest BCUT2D eigenvalue weighted by Gasteiger charge is 2.29. The second kappa shape index (κ2) is 7.65. The molecule has 0 saturated heterocycles. The summed E-state index contributed by atoms with van der Waals surface area (Å²) in [6.07, 6.45) is 3.62. The topological polar surface area (TPSA) is 40.5 Å². The van der Waals surface area contributed by atoms with Crippen molar-refractivity contribution in [1.82, 2.24) is 0 Å². The number of benzene rings is 1. The maximum atomic E-state index is 8.94. The van der Waals surface area contributed by atoms with E-state index in [9.17, 15) is 0 Å². The number of hydrogen-bond acceptors (Lipinski definition) is 2. The molecule has 0 aliphatic carbocycles. The number of aliphatic hydroxyl groups is 2. The van der Waals surface area contributed by atoms with Gasteiger partial charge in [-0.1, -0.05) is 79.9 Å². The van der Waals surface area contributed by atoms with E-state index in [2.05, 4.69) is 49.0 Å². The summed E-state index contributed by atoms with van der Waals surface area (Å²) >= 11 is 0. The van der Waals surface area contributed by atoms with Crippen LogP contribution in [0, 0.1) is 0 Å². The molecule has 0 saturated carbocycles. The zero-order chi connectivity index (χ0) is 13.4. The minimum absolute atomic E-state index is 0.0745. The standard InChI is InChI=1S/C14H21O2PSi/c1-18(2,14-8-4-3-5-9-14)17(12-6-10-15)13-7-11-16/h3-9,12-13,15-16H,10-11H2,1-2H3. The van der Waals surface area contributed by atoms with Crippen LogP contribution in [0.4, 0.5) is 0 Å². The molecule has 1 aromatic rings. The Morgan fingerprint density at radius 2 is 1.50 bits per heavy atom. The quantitative estimate of drug-likeness (QED) is 0.621. The first-order valence-corrected chi connectivity index (χ1v) is 11.3. The maximum absolute atomic E-state index is 8.94. The summed E-state index contributed by atoms with van der Waals surface area (Å²) in [6.45, 7) is 4.81. The van der Waals surface area contributed by atoms with Crippen LogP contribution < -0.4 is 5.19 Å². The number of rotatable bonds is 6. The van der Waals surface area contributed by atoms with Gasteiger partial charge in [0.1, 0.15) is 7.74 Å². The molecular formula is C14H21O2PSi. The molecule has 0 radical (unpaired) electrons. The van der Waals surface area contributed by atoms with Gasteiger partial charge in [0.25, 0.3) is 0 Å². The Morgan fingerprint density at radius 3 is 1.94 bits per heavy atom. The first-order chi connectivity index (χ1) is 8.62. The van der Waals surface area contributed by atoms with Crippen molar-refractivity contribution >= 4 is 20.4 Å². The van der Waals surface area contributed by atoms with Crippen molar-refractivity contribution in [3.63, 3.8) is 0 Å². The maximum Gasteiger partial charge on any atom is 0.115 e. The lowest BCUT2D eigenvalue weighted by atomic mass is 10.4. The average Bonchev–Trinajstić information content (AvgIpc) is 2.39. The molecule has 2 N–H and O–H groups in total. The highest BCUT2D eigenvalue weighted by atomic mass is 31.4. The van der Waals surface area contributed by atoms with Crippen LogP contribution in [-0.2, 0) is 0 Å². The smallest absolute Gasteiger partial charge is 0.115 e. The summed E-state index contributed by atoms with van der Waals surface area (Å²) in [5, 5.41) is 19.3.